The highest BCUT2D eigenvalue weighted by Crippen LogP contribution is 2.22. The molecule has 0 saturated carbocycles. The first-order valence-corrected chi connectivity index (χ1v) is 6.06. The van der Waals surface area contributed by atoms with Gasteiger partial charge in [-0.2, -0.15) is 0 Å². The molecule has 2 atom stereocenters. The molecule has 4 heteroatoms. The quantitative estimate of drug-likeness (QED) is 0.854. The Labute approximate surface area is 101 Å². The van der Waals surface area contributed by atoms with Gasteiger partial charge in [-0.25, -0.2) is 8.78 Å². The third kappa shape index (κ3) is 2.75. The molecule has 0 amide bonds. The lowest BCUT2D eigenvalue weighted by Gasteiger charge is -2.40. The first-order chi connectivity index (χ1) is 8.10. The Morgan fingerprint density at radius 3 is 2.53 bits per heavy atom. The zero-order chi connectivity index (χ0) is 12.4. The van der Waals surface area contributed by atoms with E-state index in [0.29, 0.717) is 11.7 Å². The van der Waals surface area contributed by atoms with Crippen molar-refractivity contribution in [2.75, 3.05) is 18.0 Å². The average molecular weight is 240 g/mol. The predicted octanol–water partition coefficient (Wildman–Crippen LogP) is 2.54. The molecule has 0 radical (unpaired) electrons. The molecule has 1 N–H and O–H groups in total. The number of nitrogens with one attached hydrogen (secondary N) is 1. The molecule has 1 aromatic rings. The molecular weight excluding hydrogens is 222 g/mol. The standard InChI is InChI=1S/C13H18F2N2/c1-3-12-8-17(9(2)7-16-12)13-5-10(14)4-11(15)6-13/h4-6,9,12,16H,3,7-8H2,1-2H3. The van der Waals surface area contributed by atoms with Crippen molar-refractivity contribution in [1.29, 1.82) is 0 Å². The highest BCUT2D eigenvalue weighted by Gasteiger charge is 2.24. The fraction of sp³-hybridized carbons (Fsp3) is 0.538. The van der Waals surface area contributed by atoms with Crippen LogP contribution in [0.5, 0.6) is 0 Å². The predicted molar refractivity (Wildman–Crippen MR) is 65.2 cm³/mol. The lowest BCUT2D eigenvalue weighted by Crippen LogP contribution is -2.55. The molecule has 0 aromatic heterocycles. The van der Waals surface area contributed by atoms with Crippen molar-refractivity contribution >= 4 is 5.69 Å². The van der Waals surface area contributed by atoms with Crippen LogP contribution in [0.15, 0.2) is 18.2 Å². The van der Waals surface area contributed by atoms with Gasteiger partial charge < -0.3 is 10.2 Å². The largest absolute Gasteiger partial charge is 0.366 e. The van der Waals surface area contributed by atoms with Crippen LogP contribution in [-0.2, 0) is 0 Å². The molecule has 0 bridgehead atoms. The van der Waals surface area contributed by atoms with Gasteiger partial charge in [-0.15, -0.1) is 0 Å². The lowest BCUT2D eigenvalue weighted by atomic mass is 10.1. The van der Waals surface area contributed by atoms with Crippen LogP contribution in [0, 0.1) is 11.6 Å². The number of hydrogen-bond acceptors (Lipinski definition) is 2. The fourth-order valence-electron chi connectivity index (χ4n) is 2.27. The van der Waals surface area contributed by atoms with Crippen LogP contribution in [0.3, 0.4) is 0 Å². The molecule has 1 aromatic carbocycles. The molecule has 0 aliphatic carbocycles. The van der Waals surface area contributed by atoms with E-state index in [2.05, 4.69) is 24.1 Å². The molecule has 1 saturated heterocycles. The Bertz CT molecular complexity index is 375. The number of anilines is 1. The Hall–Kier alpha value is -1.16. The molecule has 17 heavy (non-hydrogen) atoms. The molecule has 2 nitrogen and oxygen atoms in total. The second kappa shape index (κ2) is 5.00. The Balaban J connectivity index is 2.24. The maximum atomic E-state index is 13.2. The number of rotatable bonds is 2. The maximum Gasteiger partial charge on any atom is 0.128 e. The Morgan fingerprint density at radius 2 is 1.94 bits per heavy atom. The van der Waals surface area contributed by atoms with Crippen LogP contribution in [0.2, 0.25) is 0 Å². The van der Waals surface area contributed by atoms with E-state index in [1.807, 2.05) is 0 Å². The first-order valence-electron chi connectivity index (χ1n) is 6.06. The lowest BCUT2D eigenvalue weighted by molar-refractivity contribution is 0.396. The summed E-state index contributed by atoms with van der Waals surface area (Å²) in [6.07, 6.45) is 1.01. The van der Waals surface area contributed by atoms with E-state index in [1.165, 1.54) is 12.1 Å². The summed E-state index contributed by atoms with van der Waals surface area (Å²) in [5, 5.41) is 3.42. The highest BCUT2D eigenvalue weighted by molar-refractivity contribution is 5.48. The van der Waals surface area contributed by atoms with Gasteiger partial charge in [0.05, 0.1) is 0 Å². The zero-order valence-corrected chi connectivity index (χ0v) is 10.2. The van der Waals surface area contributed by atoms with Crippen molar-refractivity contribution < 1.29 is 8.78 Å². The van der Waals surface area contributed by atoms with Crippen molar-refractivity contribution in [3.8, 4) is 0 Å². The van der Waals surface area contributed by atoms with Gasteiger partial charge in [0.1, 0.15) is 11.6 Å². The van der Waals surface area contributed by atoms with Crippen molar-refractivity contribution in [1.82, 2.24) is 5.32 Å². The Kier molecular flexibility index (Phi) is 3.62. The zero-order valence-electron chi connectivity index (χ0n) is 10.2. The van der Waals surface area contributed by atoms with Crippen LogP contribution >= 0.6 is 0 Å². The summed E-state index contributed by atoms with van der Waals surface area (Å²) in [5.74, 6) is -1.03. The summed E-state index contributed by atoms with van der Waals surface area (Å²) in [6, 6.07) is 4.35. The van der Waals surface area contributed by atoms with Gasteiger partial charge in [0.2, 0.25) is 0 Å². The summed E-state index contributed by atoms with van der Waals surface area (Å²) in [6.45, 7) is 5.80. The fourth-order valence-corrected chi connectivity index (χ4v) is 2.27. The van der Waals surface area contributed by atoms with Crippen molar-refractivity contribution in [2.24, 2.45) is 0 Å². The summed E-state index contributed by atoms with van der Waals surface area (Å²) >= 11 is 0. The second-order valence-corrected chi connectivity index (χ2v) is 4.64. The third-order valence-corrected chi connectivity index (χ3v) is 3.32. The molecule has 1 aliphatic heterocycles. The normalized spacial score (nSPS) is 25.1. The monoisotopic (exact) mass is 240 g/mol. The molecule has 2 rings (SSSR count). The summed E-state index contributed by atoms with van der Waals surface area (Å²) in [7, 11) is 0. The van der Waals surface area contributed by atoms with E-state index < -0.39 is 11.6 Å². The van der Waals surface area contributed by atoms with E-state index >= 15 is 0 Å². The van der Waals surface area contributed by atoms with Gasteiger partial charge in [0, 0.05) is 36.9 Å². The summed E-state index contributed by atoms with van der Waals surface area (Å²) in [4.78, 5) is 2.07. The van der Waals surface area contributed by atoms with Gasteiger partial charge in [-0.05, 0) is 25.5 Å². The highest BCUT2D eigenvalue weighted by atomic mass is 19.1. The molecular formula is C13H18F2N2. The van der Waals surface area contributed by atoms with E-state index in [4.69, 9.17) is 0 Å². The van der Waals surface area contributed by atoms with Gasteiger partial charge in [0.15, 0.2) is 0 Å². The number of piperazine rings is 1. The summed E-state index contributed by atoms with van der Waals surface area (Å²) < 4.78 is 26.4. The van der Waals surface area contributed by atoms with Gasteiger partial charge >= 0.3 is 0 Å². The first kappa shape index (κ1) is 12.3. The number of benzene rings is 1. The minimum Gasteiger partial charge on any atom is -0.366 e. The molecule has 94 valence electrons. The SMILES string of the molecule is CCC1CN(c2cc(F)cc(F)c2)C(C)CN1. The molecule has 2 unspecified atom stereocenters. The van der Waals surface area contributed by atoms with Crippen LogP contribution in [0.4, 0.5) is 14.5 Å². The van der Waals surface area contributed by atoms with Gasteiger partial charge in [-0.1, -0.05) is 6.92 Å². The molecule has 0 spiro atoms. The second-order valence-electron chi connectivity index (χ2n) is 4.64. The maximum absolute atomic E-state index is 13.2. The van der Waals surface area contributed by atoms with Crippen LogP contribution in [-0.4, -0.2) is 25.2 Å². The average Bonchev–Trinajstić information content (AvgIpc) is 2.28. The summed E-state index contributed by atoms with van der Waals surface area (Å²) in [5.41, 5.74) is 0.634. The topological polar surface area (TPSA) is 15.3 Å². The number of hydrogen-bond donors (Lipinski definition) is 1. The smallest absolute Gasteiger partial charge is 0.128 e. The van der Waals surface area contributed by atoms with Gasteiger partial charge in [-0.3, -0.25) is 0 Å². The van der Waals surface area contributed by atoms with Crippen LogP contribution < -0.4 is 10.2 Å². The van der Waals surface area contributed by atoms with E-state index in [0.717, 1.165) is 25.6 Å². The third-order valence-electron chi connectivity index (χ3n) is 3.32. The van der Waals surface area contributed by atoms with Crippen molar-refractivity contribution in [3.05, 3.63) is 29.8 Å². The minimum absolute atomic E-state index is 0.249. The van der Waals surface area contributed by atoms with Gasteiger partial charge in [0.25, 0.3) is 0 Å². The van der Waals surface area contributed by atoms with Crippen LogP contribution in [0.25, 0.3) is 0 Å². The number of halogens is 2. The molecule has 1 heterocycles. The Morgan fingerprint density at radius 1 is 1.29 bits per heavy atom. The molecule has 1 aliphatic rings. The van der Waals surface area contributed by atoms with E-state index in [9.17, 15) is 8.78 Å². The van der Waals surface area contributed by atoms with Crippen molar-refractivity contribution in [3.63, 3.8) is 0 Å². The number of nitrogens with zero attached hydrogens (tertiary/aromatic N) is 1. The van der Waals surface area contributed by atoms with E-state index in [-0.39, 0.29) is 6.04 Å². The van der Waals surface area contributed by atoms with E-state index in [1.54, 1.807) is 0 Å². The van der Waals surface area contributed by atoms with Crippen molar-refractivity contribution in [2.45, 2.75) is 32.4 Å². The molecule has 1 fully saturated rings. The van der Waals surface area contributed by atoms with Crippen LogP contribution in [0.1, 0.15) is 20.3 Å². The minimum atomic E-state index is -0.515.